The molecule has 2 nitrogen and oxygen atoms in total. The zero-order chi connectivity index (χ0) is 59.6. The van der Waals surface area contributed by atoms with Crippen LogP contribution in [-0.2, 0) is 10.8 Å². The molecule has 17 rings (SSSR count). The molecule has 0 N–H and O–H groups in total. The van der Waals surface area contributed by atoms with Gasteiger partial charge in [-0.05, 0) is 166 Å². The molecule has 2 heteroatoms. The SMILES string of the molecule is c1ccc(-c2ccc(N(c3ccc4c(c3)C(c3ccccc3)(c3ccccc3)c3ccccc3-4)c3cc(N(c4ccc(-c5ccccc5)cc4)c4ccc5c(c4)C(c4ccccc4)(c4ccccc4)c4ccccc4-5)c4c(ccc5ccccc54)c3)cc2)cc1. The topological polar surface area (TPSA) is 6.48 Å². The van der Waals surface area contributed by atoms with Gasteiger partial charge in [-0.3, -0.25) is 0 Å². The molecule has 0 atom stereocenters. The monoisotopic (exact) mass is 1140 g/mol. The Kier molecular flexibility index (Phi) is 12.7. The van der Waals surface area contributed by atoms with E-state index in [9.17, 15) is 0 Å². The van der Waals surface area contributed by atoms with Crippen molar-refractivity contribution in [2.24, 2.45) is 0 Å². The highest BCUT2D eigenvalue weighted by Crippen LogP contribution is 2.60. The predicted octanol–water partition coefficient (Wildman–Crippen LogP) is 23.0. The third-order valence-electron chi connectivity index (χ3n) is 19.2. The molecule has 0 aliphatic heterocycles. The fourth-order valence-electron chi connectivity index (χ4n) is 15.3. The van der Waals surface area contributed by atoms with E-state index in [2.05, 4.69) is 374 Å². The van der Waals surface area contributed by atoms with Crippen LogP contribution >= 0.6 is 0 Å². The van der Waals surface area contributed by atoms with Gasteiger partial charge in [0.15, 0.2) is 0 Å². The van der Waals surface area contributed by atoms with Crippen molar-refractivity contribution in [1.82, 2.24) is 0 Å². The number of anilines is 6. The number of benzene rings is 15. The smallest absolute Gasteiger partial charge is 0.0714 e. The Balaban J connectivity index is 0.954. The number of nitrogens with zero attached hydrogens (tertiary/aromatic N) is 2. The molecule has 0 bridgehead atoms. The van der Waals surface area contributed by atoms with Crippen LogP contribution in [0.4, 0.5) is 34.1 Å². The van der Waals surface area contributed by atoms with Crippen molar-refractivity contribution >= 4 is 55.7 Å². The molecule has 0 spiro atoms. The summed E-state index contributed by atoms with van der Waals surface area (Å²) >= 11 is 0. The van der Waals surface area contributed by atoms with E-state index in [1.165, 1.54) is 94.0 Å². The van der Waals surface area contributed by atoms with Crippen molar-refractivity contribution in [3.05, 3.63) is 408 Å². The average Bonchev–Trinajstić information content (AvgIpc) is 1.53. The molecule has 2 aliphatic rings. The molecular weight excluding hydrogens is 1080 g/mol. The molecule has 0 unspecified atom stereocenters. The van der Waals surface area contributed by atoms with Crippen LogP contribution in [0.3, 0.4) is 0 Å². The first-order valence-electron chi connectivity index (χ1n) is 31.2. The molecule has 90 heavy (non-hydrogen) atoms. The Hall–Kier alpha value is -11.6. The highest BCUT2D eigenvalue weighted by Gasteiger charge is 2.48. The van der Waals surface area contributed by atoms with E-state index in [4.69, 9.17) is 0 Å². The van der Waals surface area contributed by atoms with Gasteiger partial charge in [-0.2, -0.15) is 0 Å². The minimum Gasteiger partial charge on any atom is -0.310 e. The van der Waals surface area contributed by atoms with Crippen molar-refractivity contribution in [1.29, 1.82) is 0 Å². The average molecular weight is 1150 g/mol. The molecule has 0 fully saturated rings. The van der Waals surface area contributed by atoms with Crippen molar-refractivity contribution in [2.45, 2.75) is 10.8 Å². The normalized spacial score (nSPS) is 13.1. The molecule has 0 aromatic heterocycles. The van der Waals surface area contributed by atoms with Crippen molar-refractivity contribution < 1.29 is 0 Å². The van der Waals surface area contributed by atoms with Crippen LogP contribution in [-0.4, -0.2) is 0 Å². The van der Waals surface area contributed by atoms with Gasteiger partial charge in [0.2, 0.25) is 0 Å². The van der Waals surface area contributed by atoms with Gasteiger partial charge in [0.1, 0.15) is 0 Å². The molecule has 0 amide bonds. The number of hydrogen-bond acceptors (Lipinski definition) is 2. The molecular formula is C88H60N2. The fraction of sp³-hybridized carbons (Fsp3) is 0.0227. The van der Waals surface area contributed by atoms with Gasteiger partial charge < -0.3 is 9.80 Å². The summed E-state index contributed by atoms with van der Waals surface area (Å²) in [6.07, 6.45) is 0. The van der Waals surface area contributed by atoms with E-state index in [1.807, 2.05) is 0 Å². The van der Waals surface area contributed by atoms with Crippen LogP contribution in [0.25, 0.3) is 66.1 Å². The number of hydrogen-bond donors (Lipinski definition) is 0. The predicted molar refractivity (Wildman–Crippen MR) is 376 cm³/mol. The summed E-state index contributed by atoms with van der Waals surface area (Å²) in [5.74, 6) is 0. The third kappa shape index (κ3) is 8.33. The minimum absolute atomic E-state index is 0.606. The molecule has 0 saturated heterocycles. The number of rotatable bonds is 12. The third-order valence-corrected chi connectivity index (χ3v) is 19.2. The van der Waals surface area contributed by atoms with E-state index in [1.54, 1.807) is 0 Å². The standard InChI is InChI=1S/C88H60N2/c1-7-25-61(26-8-1)63-45-49-71(50-46-63)89(73-53-55-79-77-39-21-23-41-81(77)87(83(79)58-73,67-30-11-3-12-31-67)68-32-13-4-14-33-68)75-57-66-44-43-65-29-19-20-38-76(65)86(66)85(60-75)90(72-51-47-64(48-52-72)62-27-9-2-10-28-62)74-54-56-80-78-40-22-24-42-82(78)88(84(80)59-74,69-34-15-5-16-35-69)70-36-17-6-18-37-70/h1-60H. The molecule has 0 saturated carbocycles. The second-order valence-corrected chi connectivity index (χ2v) is 23.9. The summed E-state index contributed by atoms with van der Waals surface area (Å²) in [6, 6.07) is 135. The van der Waals surface area contributed by atoms with Gasteiger partial charge in [0.05, 0.1) is 16.5 Å². The second kappa shape index (κ2) is 21.7. The van der Waals surface area contributed by atoms with Gasteiger partial charge in [0.25, 0.3) is 0 Å². The van der Waals surface area contributed by atoms with Crippen LogP contribution in [0, 0.1) is 0 Å². The first-order chi connectivity index (χ1) is 44.6. The van der Waals surface area contributed by atoms with E-state index in [-0.39, 0.29) is 0 Å². The molecule has 0 heterocycles. The fourth-order valence-corrected chi connectivity index (χ4v) is 15.3. The Morgan fingerprint density at radius 1 is 0.200 bits per heavy atom. The highest BCUT2D eigenvalue weighted by atomic mass is 15.2. The van der Waals surface area contributed by atoms with Gasteiger partial charge in [-0.25, -0.2) is 0 Å². The summed E-state index contributed by atoms with van der Waals surface area (Å²) in [5, 5.41) is 4.66. The van der Waals surface area contributed by atoms with Gasteiger partial charge >= 0.3 is 0 Å². The maximum absolute atomic E-state index is 2.54. The van der Waals surface area contributed by atoms with Crippen LogP contribution in [0.1, 0.15) is 44.5 Å². The lowest BCUT2D eigenvalue weighted by Gasteiger charge is -2.36. The van der Waals surface area contributed by atoms with E-state index < -0.39 is 10.8 Å². The quantitative estimate of drug-likeness (QED) is 0.113. The second-order valence-electron chi connectivity index (χ2n) is 23.9. The first-order valence-corrected chi connectivity index (χ1v) is 31.2. The lowest BCUT2D eigenvalue weighted by atomic mass is 9.67. The Morgan fingerprint density at radius 3 is 1.01 bits per heavy atom. The summed E-state index contributed by atoms with van der Waals surface area (Å²) in [5.41, 5.74) is 24.7. The Morgan fingerprint density at radius 2 is 0.544 bits per heavy atom. The van der Waals surface area contributed by atoms with Crippen LogP contribution < -0.4 is 9.80 Å². The van der Waals surface area contributed by atoms with E-state index >= 15 is 0 Å². The van der Waals surface area contributed by atoms with Gasteiger partial charge in [0, 0.05) is 33.8 Å². The first kappa shape index (κ1) is 52.7. The molecule has 15 aromatic rings. The minimum atomic E-state index is -0.617. The van der Waals surface area contributed by atoms with Crippen molar-refractivity contribution in [3.8, 4) is 44.5 Å². The Labute approximate surface area is 526 Å². The van der Waals surface area contributed by atoms with Crippen LogP contribution in [0.15, 0.2) is 364 Å². The van der Waals surface area contributed by atoms with Crippen molar-refractivity contribution in [2.75, 3.05) is 9.80 Å². The van der Waals surface area contributed by atoms with Gasteiger partial charge in [-0.1, -0.05) is 303 Å². The van der Waals surface area contributed by atoms with Crippen LogP contribution in [0.2, 0.25) is 0 Å². The maximum Gasteiger partial charge on any atom is 0.0714 e. The lowest BCUT2D eigenvalue weighted by Crippen LogP contribution is -2.28. The van der Waals surface area contributed by atoms with E-state index in [0.717, 1.165) is 50.6 Å². The largest absolute Gasteiger partial charge is 0.310 e. The Bertz CT molecular complexity index is 5060. The molecule has 2 aliphatic carbocycles. The van der Waals surface area contributed by atoms with E-state index in [0.29, 0.717) is 0 Å². The summed E-state index contributed by atoms with van der Waals surface area (Å²) in [4.78, 5) is 5.05. The van der Waals surface area contributed by atoms with Crippen molar-refractivity contribution in [3.63, 3.8) is 0 Å². The zero-order valence-electron chi connectivity index (χ0n) is 49.5. The molecule has 0 radical (unpaired) electrons. The summed E-state index contributed by atoms with van der Waals surface area (Å²) in [6.45, 7) is 0. The highest BCUT2D eigenvalue weighted by molar-refractivity contribution is 6.17. The number of fused-ring (bicyclic) bond motifs is 9. The molecule has 15 aromatic carbocycles. The van der Waals surface area contributed by atoms with Gasteiger partial charge in [-0.15, -0.1) is 0 Å². The summed E-state index contributed by atoms with van der Waals surface area (Å²) < 4.78 is 0. The maximum atomic E-state index is 2.54. The molecule has 422 valence electrons. The lowest BCUT2D eigenvalue weighted by molar-refractivity contribution is 0.768. The van der Waals surface area contributed by atoms with Crippen LogP contribution in [0.5, 0.6) is 0 Å². The summed E-state index contributed by atoms with van der Waals surface area (Å²) in [7, 11) is 0. The zero-order valence-corrected chi connectivity index (χ0v) is 49.5.